The van der Waals surface area contributed by atoms with Crippen molar-refractivity contribution in [3.05, 3.63) is 0 Å². The molecule has 6 nitrogen and oxygen atoms in total. The van der Waals surface area contributed by atoms with Gasteiger partial charge < -0.3 is 25.5 Å². The van der Waals surface area contributed by atoms with Crippen LogP contribution in [0.4, 0.5) is 0 Å². The lowest BCUT2D eigenvalue weighted by Crippen LogP contribution is -2.53. The molecule has 0 spiro atoms. The Hall–Kier alpha value is -0.340. The first-order valence-corrected chi connectivity index (χ1v) is 10.4. The second-order valence-corrected chi connectivity index (χ2v) is 8.46. The number of thioether (sulfide) groups is 1. The topological polar surface area (TPSA) is 118 Å². The van der Waals surface area contributed by atoms with Crippen LogP contribution in [0.1, 0.15) is 70.6 Å². The minimum atomic E-state index is -1.18. The standard InChI is InChI=1S/C18H34O6S/c19-12-14-17(23)18(24)16(22)13(25-14)10-8-6-4-2-1-3-5-7-9-11-15(20)21/h13-14,16-19,22-24H,1-12H2,(H,20,21)/t13-,14+,16-,17+,18+/m0/s1. The van der Waals surface area contributed by atoms with E-state index in [-0.39, 0.29) is 18.3 Å². The molecule has 0 aromatic carbocycles. The molecule has 0 aromatic rings. The Morgan fingerprint density at radius 2 is 1.20 bits per heavy atom. The summed E-state index contributed by atoms with van der Waals surface area (Å²) in [4.78, 5) is 10.4. The fraction of sp³-hybridized carbons (Fsp3) is 0.944. The average Bonchev–Trinajstić information content (AvgIpc) is 2.59. The number of carbonyl (C=O) groups is 1. The van der Waals surface area contributed by atoms with E-state index in [1.54, 1.807) is 0 Å². The number of aliphatic carboxylic acids is 1. The zero-order valence-electron chi connectivity index (χ0n) is 14.9. The number of unbranched alkanes of at least 4 members (excludes halogenated alkanes) is 8. The van der Waals surface area contributed by atoms with Crippen molar-refractivity contribution >= 4 is 17.7 Å². The summed E-state index contributed by atoms with van der Waals surface area (Å²) in [5, 5.41) is 46.9. The average molecular weight is 379 g/mol. The van der Waals surface area contributed by atoms with E-state index in [1.165, 1.54) is 24.6 Å². The summed E-state index contributed by atoms with van der Waals surface area (Å²) in [5.74, 6) is -0.714. The third kappa shape index (κ3) is 8.73. The van der Waals surface area contributed by atoms with Crippen molar-refractivity contribution in [1.29, 1.82) is 0 Å². The number of aliphatic hydroxyl groups is 4. The molecule has 148 valence electrons. The van der Waals surface area contributed by atoms with Crippen LogP contribution in [-0.2, 0) is 4.79 Å². The van der Waals surface area contributed by atoms with Gasteiger partial charge in [0.25, 0.3) is 0 Å². The lowest BCUT2D eigenvalue weighted by atomic mass is 9.97. The van der Waals surface area contributed by atoms with Crippen LogP contribution >= 0.6 is 11.8 Å². The molecule has 1 rings (SSSR count). The lowest BCUT2D eigenvalue weighted by molar-refractivity contribution is -0.137. The van der Waals surface area contributed by atoms with Crippen molar-refractivity contribution in [1.82, 2.24) is 0 Å². The second-order valence-electron chi connectivity index (χ2n) is 6.98. The van der Waals surface area contributed by atoms with Gasteiger partial charge in [-0.3, -0.25) is 4.79 Å². The van der Waals surface area contributed by atoms with Crippen molar-refractivity contribution < 1.29 is 30.3 Å². The van der Waals surface area contributed by atoms with Gasteiger partial charge in [-0.1, -0.05) is 51.4 Å². The Labute approximate surface area is 154 Å². The van der Waals surface area contributed by atoms with E-state index in [2.05, 4.69) is 0 Å². The number of rotatable bonds is 13. The van der Waals surface area contributed by atoms with Crippen LogP contribution in [0.3, 0.4) is 0 Å². The largest absolute Gasteiger partial charge is 0.481 e. The van der Waals surface area contributed by atoms with Crippen molar-refractivity contribution in [3.8, 4) is 0 Å². The molecule has 0 unspecified atom stereocenters. The number of carboxylic acid groups (broad SMARTS) is 1. The Morgan fingerprint density at radius 3 is 1.72 bits per heavy atom. The quantitative estimate of drug-likeness (QED) is 0.311. The van der Waals surface area contributed by atoms with E-state index < -0.39 is 29.5 Å². The van der Waals surface area contributed by atoms with Gasteiger partial charge in [0, 0.05) is 11.7 Å². The summed E-state index contributed by atoms with van der Waals surface area (Å²) in [7, 11) is 0. The summed E-state index contributed by atoms with van der Waals surface area (Å²) in [6, 6.07) is 0. The molecule has 0 bridgehead atoms. The minimum Gasteiger partial charge on any atom is -0.481 e. The van der Waals surface area contributed by atoms with Crippen LogP contribution in [0.5, 0.6) is 0 Å². The van der Waals surface area contributed by atoms with E-state index in [0.29, 0.717) is 0 Å². The van der Waals surface area contributed by atoms with Crippen molar-refractivity contribution in [2.45, 2.75) is 99.4 Å². The maximum Gasteiger partial charge on any atom is 0.303 e. The van der Waals surface area contributed by atoms with Gasteiger partial charge in [-0.15, -0.1) is 11.8 Å². The van der Waals surface area contributed by atoms with Crippen molar-refractivity contribution in [2.75, 3.05) is 6.61 Å². The highest BCUT2D eigenvalue weighted by Crippen LogP contribution is 2.35. The first kappa shape index (κ1) is 22.7. The second kappa shape index (κ2) is 12.9. The van der Waals surface area contributed by atoms with Gasteiger partial charge >= 0.3 is 5.97 Å². The first-order chi connectivity index (χ1) is 12.0. The van der Waals surface area contributed by atoms with Gasteiger partial charge in [0.2, 0.25) is 0 Å². The van der Waals surface area contributed by atoms with Crippen molar-refractivity contribution in [2.24, 2.45) is 0 Å². The summed E-state index contributed by atoms with van der Waals surface area (Å²) in [6.45, 7) is -0.196. The molecule has 1 aliphatic heterocycles. The summed E-state index contributed by atoms with van der Waals surface area (Å²) < 4.78 is 0. The number of hydrogen-bond donors (Lipinski definition) is 5. The van der Waals surface area contributed by atoms with Gasteiger partial charge in [0.15, 0.2) is 0 Å². The lowest BCUT2D eigenvalue weighted by Gasteiger charge is -2.39. The third-order valence-corrected chi connectivity index (χ3v) is 6.51. The highest BCUT2D eigenvalue weighted by molar-refractivity contribution is 8.00. The molecular formula is C18H34O6S. The molecule has 0 aromatic heterocycles. The Morgan fingerprint density at radius 1 is 0.720 bits per heavy atom. The number of carboxylic acids is 1. The van der Waals surface area contributed by atoms with Crippen LogP contribution < -0.4 is 0 Å². The Kier molecular flexibility index (Phi) is 11.7. The Bertz CT molecular complexity index is 365. The van der Waals surface area contributed by atoms with Gasteiger partial charge in [0.05, 0.1) is 24.1 Å². The molecule has 1 aliphatic rings. The zero-order valence-corrected chi connectivity index (χ0v) is 15.7. The molecule has 1 fully saturated rings. The highest BCUT2D eigenvalue weighted by atomic mass is 32.2. The molecule has 0 amide bonds. The molecule has 1 saturated heterocycles. The monoisotopic (exact) mass is 378 g/mol. The van der Waals surface area contributed by atoms with Crippen LogP contribution in [0.2, 0.25) is 0 Å². The summed E-state index contributed by atoms with van der Waals surface area (Å²) in [5.41, 5.74) is 0. The predicted octanol–water partition coefficient (Wildman–Crippen LogP) is 1.92. The van der Waals surface area contributed by atoms with E-state index in [9.17, 15) is 25.2 Å². The maximum absolute atomic E-state index is 10.4. The molecule has 5 atom stereocenters. The van der Waals surface area contributed by atoms with Crippen LogP contribution in [0.15, 0.2) is 0 Å². The van der Waals surface area contributed by atoms with E-state index in [1.807, 2.05) is 0 Å². The summed E-state index contributed by atoms with van der Waals surface area (Å²) >= 11 is 1.38. The van der Waals surface area contributed by atoms with Crippen molar-refractivity contribution in [3.63, 3.8) is 0 Å². The number of hydrogen-bond acceptors (Lipinski definition) is 6. The Balaban J connectivity index is 2.01. The smallest absolute Gasteiger partial charge is 0.303 e. The van der Waals surface area contributed by atoms with Crippen LogP contribution in [-0.4, -0.2) is 66.9 Å². The van der Waals surface area contributed by atoms with E-state index >= 15 is 0 Å². The molecule has 0 radical (unpaired) electrons. The third-order valence-electron chi connectivity index (χ3n) is 4.87. The normalized spacial score (nSPS) is 29.7. The van der Waals surface area contributed by atoms with Gasteiger partial charge in [-0.2, -0.15) is 0 Å². The highest BCUT2D eigenvalue weighted by Gasteiger charge is 2.42. The summed E-state index contributed by atoms with van der Waals surface area (Å²) in [6.07, 6.45) is 7.39. The minimum absolute atomic E-state index is 0.134. The fourth-order valence-electron chi connectivity index (χ4n) is 3.28. The first-order valence-electron chi connectivity index (χ1n) is 9.49. The van der Waals surface area contributed by atoms with Crippen LogP contribution in [0.25, 0.3) is 0 Å². The molecule has 25 heavy (non-hydrogen) atoms. The fourth-order valence-corrected chi connectivity index (χ4v) is 4.76. The molecule has 0 saturated carbocycles. The maximum atomic E-state index is 10.4. The van der Waals surface area contributed by atoms with E-state index in [0.717, 1.165) is 51.4 Å². The molecule has 7 heteroatoms. The van der Waals surface area contributed by atoms with Gasteiger partial charge in [-0.05, 0) is 12.8 Å². The van der Waals surface area contributed by atoms with Crippen LogP contribution in [0, 0.1) is 0 Å². The molecule has 5 N–H and O–H groups in total. The SMILES string of the molecule is O=C(O)CCCCCCCCCCC[C@@H]1S[C@H](CO)[C@@H](O)[C@H](O)[C@H]1O. The molecule has 1 heterocycles. The predicted molar refractivity (Wildman–Crippen MR) is 98.7 cm³/mol. The molecular weight excluding hydrogens is 344 g/mol. The van der Waals surface area contributed by atoms with Gasteiger partial charge in [-0.25, -0.2) is 0 Å². The number of aliphatic hydroxyl groups excluding tert-OH is 4. The van der Waals surface area contributed by atoms with Gasteiger partial charge in [0.1, 0.15) is 6.10 Å². The van der Waals surface area contributed by atoms with E-state index in [4.69, 9.17) is 5.11 Å². The zero-order chi connectivity index (χ0) is 18.7. The molecule has 0 aliphatic carbocycles.